The summed E-state index contributed by atoms with van der Waals surface area (Å²) in [5, 5.41) is 2.74. The van der Waals surface area contributed by atoms with E-state index in [1.807, 2.05) is 13.2 Å². The number of halogens is 2. The molecule has 0 aromatic heterocycles. The third-order valence-electron chi connectivity index (χ3n) is 1.97. The zero-order valence-electron chi connectivity index (χ0n) is 9.09. The number of thioether (sulfide) groups is 1. The van der Waals surface area contributed by atoms with Crippen molar-refractivity contribution >= 4 is 33.6 Å². The maximum Gasteiger partial charge on any atom is 0.254 e. The van der Waals surface area contributed by atoms with Gasteiger partial charge in [-0.25, -0.2) is 4.39 Å². The number of carbonyl (C=O) groups excluding carboxylic acids is 1. The number of hydrogen-bond acceptors (Lipinski definition) is 2. The Morgan fingerprint density at radius 1 is 1.62 bits per heavy atom. The van der Waals surface area contributed by atoms with Gasteiger partial charge in [0.1, 0.15) is 5.82 Å². The Bertz CT molecular complexity index is 386. The first-order valence-electron chi connectivity index (χ1n) is 4.79. The first-order valence-corrected chi connectivity index (χ1v) is 6.98. The van der Waals surface area contributed by atoms with Crippen LogP contribution in [0.25, 0.3) is 0 Å². The summed E-state index contributed by atoms with van der Waals surface area (Å²) in [6, 6.07) is 4.44. The lowest BCUT2D eigenvalue weighted by Gasteiger charge is -2.12. The van der Waals surface area contributed by atoms with Gasteiger partial charge in [-0.2, -0.15) is 11.8 Å². The normalized spacial score (nSPS) is 12.2. The van der Waals surface area contributed by atoms with Gasteiger partial charge in [-0.1, -0.05) is 15.9 Å². The maximum atomic E-state index is 13.4. The van der Waals surface area contributed by atoms with E-state index in [4.69, 9.17) is 0 Å². The zero-order chi connectivity index (χ0) is 12.1. The van der Waals surface area contributed by atoms with Gasteiger partial charge in [-0.15, -0.1) is 0 Å². The molecule has 1 aromatic rings. The van der Waals surface area contributed by atoms with Crippen molar-refractivity contribution in [2.75, 3.05) is 12.0 Å². The quantitative estimate of drug-likeness (QED) is 0.926. The molecule has 2 nitrogen and oxygen atoms in total. The Hall–Kier alpha value is -0.550. The Kier molecular flexibility index (Phi) is 5.28. The molecule has 1 atom stereocenters. The summed E-state index contributed by atoms with van der Waals surface area (Å²) in [5.41, 5.74) is 0.0798. The highest BCUT2D eigenvalue weighted by molar-refractivity contribution is 9.10. The summed E-state index contributed by atoms with van der Waals surface area (Å²) < 4.78 is 14.1. The molecule has 1 unspecified atom stereocenters. The van der Waals surface area contributed by atoms with Gasteiger partial charge < -0.3 is 5.32 Å². The van der Waals surface area contributed by atoms with E-state index in [9.17, 15) is 9.18 Å². The molecule has 0 saturated carbocycles. The maximum absolute atomic E-state index is 13.4. The van der Waals surface area contributed by atoms with Crippen LogP contribution in [0.5, 0.6) is 0 Å². The average molecular weight is 306 g/mol. The Balaban J connectivity index is 2.73. The molecule has 0 saturated heterocycles. The van der Waals surface area contributed by atoms with Gasteiger partial charge in [-0.05, 0) is 31.4 Å². The molecule has 0 aliphatic heterocycles. The predicted molar refractivity (Wildman–Crippen MR) is 69.4 cm³/mol. The van der Waals surface area contributed by atoms with Gasteiger partial charge in [0, 0.05) is 16.3 Å². The van der Waals surface area contributed by atoms with E-state index in [1.165, 1.54) is 12.1 Å². The average Bonchev–Trinajstić information content (AvgIpc) is 2.17. The minimum atomic E-state index is -0.511. The highest BCUT2D eigenvalue weighted by Crippen LogP contribution is 2.15. The summed E-state index contributed by atoms with van der Waals surface area (Å²) in [6.45, 7) is 1.89. The van der Waals surface area contributed by atoms with Crippen molar-refractivity contribution < 1.29 is 9.18 Å². The monoisotopic (exact) mass is 305 g/mol. The molecule has 1 N–H and O–H groups in total. The smallest absolute Gasteiger partial charge is 0.254 e. The number of hydrogen-bond donors (Lipinski definition) is 1. The van der Waals surface area contributed by atoms with Crippen LogP contribution in [-0.2, 0) is 0 Å². The van der Waals surface area contributed by atoms with Crippen molar-refractivity contribution in [1.82, 2.24) is 5.32 Å². The standard InChI is InChI=1S/C11H13BrFNOS/c1-7(6-16-2)14-11(15)9-4-3-8(12)5-10(9)13/h3-5,7H,6H2,1-2H3,(H,14,15). The molecule has 1 rings (SSSR count). The summed E-state index contributed by atoms with van der Waals surface area (Å²) in [4.78, 5) is 11.7. The van der Waals surface area contributed by atoms with Crippen LogP contribution in [0.15, 0.2) is 22.7 Å². The number of nitrogens with one attached hydrogen (secondary N) is 1. The third kappa shape index (κ3) is 3.79. The van der Waals surface area contributed by atoms with Gasteiger partial charge in [0.15, 0.2) is 0 Å². The van der Waals surface area contributed by atoms with Crippen LogP contribution in [0, 0.1) is 5.82 Å². The lowest BCUT2D eigenvalue weighted by Crippen LogP contribution is -2.34. The Labute approximate surface area is 107 Å². The van der Waals surface area contributed by atoms with Gasteiger partial charge in [-0.3, -0.25) is 4.79 Å². The number of amides is 1. The van der Waals surface area contributed by atoms with E-state index in [-0.39, 0.29) is 17.5 Å². The summed E-state index contributed by atoms with van der Waals surface area (Å²) >= 11 is 4.78. The van der Waals surface area contributed by atoms with Gasteiger partial charge in [0.25, 0.3) is 5.91 Å². The van der Waals surface area contributed by atoms with E-state index >= 15 is 0 Å². The molecule has 0 bridgehead atoms. The molecular weight excluding hydrogens is 293 g/mol. The van der Waals surface area contributed by atoms with Crippen LogP contribution in [-0.4, -0.2) is 24.0 Å². The summed E-state index contributed by atoms with van der Waals surface area (Å²) in [5.74, 6) is -0.0704. The van der Waals surface area contributed by atoms with Crippen LogP contribution in [0.4, 0.5) is 4.39 Å². The molecule has 0 aliphatic rings. The third-order valence-corrected chi connectivity index (χ3v) is 3.30. The molecule has 88 valence electrons. The fourth-order valence-electron chi connectivity index (χ4n) is 1.27. The molecule has 0 heterocycles. The first kappa shape index (κ1) is 13.5. The van der Waals surface area contributed by atoms with Crippen molar-refractivity contribution in [1.29, 1.82) is 0 Å². The molecule has 0 fully saturated rings. The lowest BCUT2D eigenvalue weighted by molar-refractivity contribution is 0.0939. The fraction of sp³-hybridized carbons (Fsp3) is 0.364. The fourth-order valence-corrected chi connectivity index (χ4v) is 2.18. The van der Waals surface area contributed by atoms with E-state index in [1.54, 1.807) is 17.8 Å². The summed E-state index contributed by atoms with van der Waals surface area (Å²) in [7, 11) is 0. The SMILES string of the molecule is CSCC(C)NC(=O)c1ccc(Br)cc1F. The van der Waals surface area contributed by atoms with Crippen molar-refractivity contribution in [2.45, 2.75) is 13.0 Å². The Morgan fingerprint density at radius 2 is 2.31 bits per heavy atom. The highest BCUT2D eigenvalue weighted by Gasteiger charge is 2.13. The Morgan fingerprint density at radius 3 is 2.88 bits per heavy atom. The van der Waals surface area contributed by atoms with E-state index < -0.39 is 5.82 Å². The van der Waals surface area contributed by atoms with Crippen LogP contribution < -0.4 is 5.32 Å². The second-order valence-corrected chi connectivity index (χ2v) is 5.28. The molecule has 0 spiro atoms. The van der Waals surface area contributed by atoms with Crippen molar-refractivity contribution in [2.24, 2.45) is 0 Å². The predicted octanol–water partition coefficient (Wildman–Crippen LogP) is 3.07. The lowest BCUT2D eigenvalue weighted by atomic mass is 10.2. The number of rotatable bonds is 4. The van der Waals surface area contributed by atoms with Crippen molar-refractivity contribution in [3.8, 4) is 0 Å². The van der Waals surface area contributed by atoms with Crippen LogP contribution in [0.2, 0.25) is 0 Å². The van der Waals surface area contributed by atoms with Gasteiger partial charge in [0.2, 0.25) is 0 Å². The molecule has 16 heavy (non-hydrogen) atoms. The largest absolute Gasteiger partial charge is 0.349 e. The summed E-state index contributed by atoms with van der Waals surface area (Å²) in [6.07, 6.45) is 1.96. The zero-order valence-corrected chi connectivity index (χ0v) is 11.5. The van der Waals surface area contributed by atoms with Crippen LogP contribution in [0.1, 0.15) is 17.3 Å². The highest BCUT2D eigenvalue weighted by atomic mass is 79.9. The minimum absolute atomic E-state index is 0.0329. The van der Waals surface area contributed by atoms with Crippen molar-refractivity contribution in [3.05, 3.63) is 34.1 Å². The molecule has 5 heteroatoms. The molecule has 0 aliphatic carbocycles. The molecule has 1 aromatic carbocycles. The molecular formula is C11H13BrFNOS. The number of benzene rings is 1. The minimum Gasteiger partial charge on any atom is -0.349 e. The van der Waals surface area contributed by atoms with E-state index in [2.05, 4.69) is 21.2 Å². The van der Waals surface area contributed by atoms with Crippen LogP contribution in [0.3, 0.4) is 0 Å². The second-order valence-electron chi connectivity index (χ2n) is 3.45. The first-order chi connectivity index (χ1) is 7.54. The number of carbonyl (C=O) groups is 1. The topological polar surface area (TPSA) is 29.1 Å². The molecule has 1 amide bonds. The van der Waals surface area contributed by atoms with E-state index in [0.717, 1.165) is 5.75 Å². The van der Waals surface area contributed by atoms with E-state index in [0.29, 0.717) is 4.47 Å². The molecule has 0 radical (unpaired) electrons. The van der Waals surface area contributed by atoms with Crippen LogP contribution >= 0.6 is 27.7 Å². The second kappa shape index (κ2) is 6.25. The van der Waals surface area contributed by atoms with Gasteiger partial charge >= 0.3 is 0 Å². The van der Waals surface area contributed by atoms with Crippen molar-refractivity contribution in [3.63, 3.8) is 0 Å². The van der Waals surface area contributed by atoms with Gasteiger partial charge in [0.05, 0.1) is 5.56 Å².